The second-order valence-electron chi connectivity index (χ2n) is 8.85. The summed E-state index contributed by atoms with van der Waals surface area (Å²) in [6, 6.07) is 18.5. The number of halogens is 2. The molecule has 0 saturated carbocycles. The average molecular weight is 546 g/mol. The number of anilines is 1. The van der Waals surface area contributed by atoms with Crippen molar-refractivity contribution in [3.05, 3.63) is 106 Å². The van der Waals surface area contributed by atoms with Gasteiger partial charge in [0.2, 0.25) is 0 Å². The molecular weight excluding hydrogens is 521 g/mol. The molecule has 0 fully saturated rings. The lowest BCUT2D eigenvalue weighted by Crippen LogP contribution is -2.37. The van der Waals surface area contributed by atoms with E-state index < -0.39 is 6.09 Å². The first-order chi connectivity index (χ1) is 18.9. The predicted octanol–water partition coefficient (Wildman–Crippen LogP) is 5.85. The molecule has 198 valence electrons. The molecule has 4 aromatic rings. The van der Waals surface area contributed by atoms with Crippen LogP contribution in [0.25, 0.3) is 17.3 Å². The first kappa shape index (κ1) is 26.1. The fraction of sp³-hybridized carbons (Fsp3) is 0.172. The van der Waals surface area contributed by atoms with Gasteiger partial charge in [0, 0.05) is 23.3 Å². The van der Waals surface area contributed by atoms with Crippen LogP contribution in [0.5, 0.6) is 0 Å². The lowest BCUT2D eigenvalue weighted by molar-refractivity contribution is 0.0977. The number of nitrogens with zero attached hydrogens (tertiary/aromatic N) is 5. The van der Waals surface area contributed by atoms with Crippen LogP contribution in [-0.4, -0.2) is 51.9 Å². The number of methoxy groups -OCH3 is 1. The van der Waals surface area contributed by atoms with E-state index in [1.54, 1.807) is 47.3 Å². The highest BCUT2D eigenvalue weighted by Crippen LogP contribution is 2.35. The summed E-state index contributed by atoms with van der Waals surface area (Å²) in [7, 11) is 1.31. The number of fused-ring (bicyclic) bond motifs is 1. The first-order valence-electron chi connectivity index (χ1n) is 12.3. The molecule has 0 radical (unpaired) electrons. The second kappa shape index (κ2) is 11.1. The van der Waals surface area contributed by atoms with Gasteiger partial charge >= 0.3 is 6.09 Å². The van der Waals surface area contributed by atoms with E-state index in [1.165, 1.54) is 29.0 Å². The van der Waals surface area contributed by atoms with Crippen molar-refractivity contribution >= 4 is 41.1 Å². The molecule has 3 heterocycles. The largest absolute Gasteiger partial charge is 0.453 e. The molecule has 1 aliphatic heterocycles. The van der Waals surface area contributed by atoms with E-state index in [9.17, 15) is 14.0 Å². The summed E-state index contributed by atoms with van der Waals surface area (Å²) in [6.45, 7) is 2.52. The van der Waals surface area contributed by atoms with E-state index in [4.69, 9.17) is 21.4 Å². The van der Waals surface area contributed by atoms with Gasteiger partial charge in [0.25, 0.3) is 5.91 Å². The van der Waals surface area contributed by atoms with Gasteiger partial charge in [-0.3, -0.25) is 14.6 Å². The van der Waals surface area contributed by atoms with Crippen LogP contribution < -0.4 is 4.90 Å². The minimum Gasteiger partial charge on any atom is -0.453 e. The van der Waals surface area contributed by atoms with Crippen molar-refractivity contribution in [3.8, 4) is 5.69 Å². The Morgan fingerprint density at radius 1 is 1.08 bits per heavy atom. The lowest BCUT2D eigenvalue weighted by atomic mass is 9.97. The number of hydrogen-bond donors (Lipinski definition) is 0. The molecule has 2 aromatic carbocycles. The Hall–Kier alpha value is -4.50. The minimum absolute atomic E-state index is 0.108. The zero-order valence-electron chi connectivity index (χ0n) is 21.3. The van der Waals surface area contributed by atoms with E-state index in [0.717, 1.165) is 5.56 Å². The summed E-state index contributed by atoms with van der Waals surface area (Å²) in [4.78, 5) is 34.1. The lowest BCUT2D eigenvalue weighted by Gasteiger charge is -2.29. The maximum absolute atomic E-state index is 14.0. The molecular formula is C29H25ClFN5O3. The highest BCUT2D eigenvalue weighted by molar-refractivity contribution is 6.30. The van der Waals surface area contributed by atoms with Gasteiger partial charge in [-0.2, -0.15) is 5.10 Å². The number of ether oxygens (including phenoxy) is 1. The summed E-state index contributed by atoms with van der Waals surface area (Å²) in [5.41, 5.74) is 3.54. The predicted molar refractivity (Wildman–Crippen MR) is 147 cm³/mol. The first-order valence-corrected chi connectivity index (χ1v) is 12.7. The molecule has 2 aromatic heterocycles. The van der Waals surface area contributed by atoms with E-state index >= 15 is 0 Å². The fourth-order valence-corrected chi connectivity index (χ4v) is 4.71. The quantitative estimate of drug-likeness (QED) is 0.314. The highest BCUT2D eigenvalue weighted by Gasteiger charge is 2.35. The minimum atomic E-state index is -0.541. The molecule has 10 heteroatoms. The van der Waals surface area contributed by atoms with E-state index in [-0.39, 0.29) is 30.5 Å². The summed E-state index contributed by atoms with van der Waals surface area (Å²) in [5.74, 6) is -0.221. The van der Waals surface area contributed by atoms with Crippen LogP contribution >= 0.6 is 11.6 Å². The SMILES string of the molecule is CCN(C(=O)c1nn(-c2ccc(Cl)cc2)c2c1CN(C(=O)OC)CC2=Cc1ccc(F)cc1)c1ccccn1. The number of amides is 2. The molecule has 0 atom stereocenters. The Balaban J connectivity index is 1.73. The van der Waals surface area contributed by atoms with Gasteiger partial charge in [-0.1, -0.05) is 29.8 Å². The fourth-order valence-electron chi connectivity index (χ4n) is 4.58. The summed E-state index contributed by atoms with van der Waals surface area (Å²) < 4.78 is 20.3. The summed E-state index contributed by atoms with van der Waals surface area (Å²) in [5, 5.41) is 5.34. The Bertz CT molecular complexity index is 1540. The number of pyridine rings is 1. The maximum Gasteiger partial charge on any atom is 0.410 e. The van der Waals surface area contributed by atoms with Crippen LogP contribution in [-0.2, 0) is 11.3 Å². The van der Waals surface area contributed by atoms with Crippen molar-refractivity contribution in [3.63, 3.8) is 0 Å². The van der Waals surface area contributed by atoms with Crippen molar-refractivity contribution in [1.29, 1.82) is 0 Å². The standard InChI is InChI=1S/C29H25ClFN5O3/c1-3-35(25-6-4-5-15-32-25)28(37)26-24-18-34(29(38)39-2)17-20(16-19-7-11-22(31)12-8-19)27(24)36(33-26)23-13-9-21(30)10-14-23/h4-16H,3,17-18H2,1-2H3. The molecule has 0 spiro atoms. The molecule has 39 heavy (non-hydrogen) atoms. The van der Waals surface area contributed by atoms with Crippen LogP contribution in [0.15, 0.2) is 72.9 Å². The summed E-state index contributed by atoms with van der Waals surface area (Å²) in [6.07, 6.45) is 2.93. The highest BCUT2D eigenvalue weighted by atomic mass is 35.5. The van der Waals surface area contributed by atoms with E-state index in [1.807, 2.05) is 31.2 Å². The molecule has 2 amide bonds. The van der Waals surface area contributed by atoms with Crippen molar-refractivity contribution in [1.82, 2.24) is 19.7 Å². The van der Waals surface area contributed by atoms with Gasteiger partial charge in [0.05, 0.1) is 31.6 Å². The van der Waals surface area contributed by atoms with Gasteiger partial charge < -0.3 is 4.74 Å². The molecule has 0 bridgehead atoms. The van der Waals surface area contributed by atoms with E-state index in [0.29, 0.717) is 39.9 Å². The Morgan fingerprint density at radius 2 is 1.82 bits per heavy atom. The normalized spacial score (nSPS) is 13.7. The van der Waals surface area contributed by atoms with Crippen LogP contribution in [0.1, 0.15) is 34.2 Å². The number of hydrogen-bond acceptors (Lipinski definition) is 5. The van der Waals surface area contributed by atoms with Crippen molar-refractivity contribution < 1.29 is 18.7 Å². The van der Waals surface area contributed by atoms with Crippen molar-refractivity contribution in [2.75, 3.05) is 25.1 Å². The third-order valence-electron chi connectivity index (χ3n) is 6.40. The van der Waals surface area contributed by atoms with Crippen molar-refractivity contribution in [2.24, 2.45) is 0 Å². The molecule has 0 N–H and O–H groups in total. The molecule has 8 nitrogen and oxygen atoms in total. The van der Waals surface area contributed by atoms with Crippen LogP contribution in [0.2, 0.25) is 5.02 Å². The van der Waals surface area contributed by atoms with Crippen LogP contribution in [0, 0.1) is 5.82 Å². The second-order valence-corrected chi connectivity index (χ2v) is 9.28. The Kier molecular flexibility index (Phi) is 7.42. The Labute approximate surface area is 229 Å². The van der Waals surface area contributed by atoms with Crippen LogP contribution in [0.4, 0.5) is 15.0 Å². The van der Waals surface area contributed by atoms with Crippen molar-refractivity contribution in [2.45, 2.75) is 13.5 Å². The topological polar surface area (TPSA) is 80.6 Å². The van der Waals surface area contributed by atoms with Gasteiger partial charge in [0.15, 0.2) is 5.69 Å². The zero-order valence-corrected chi connectivity index (χ0v) is 22.1. The molecule has 0 saturated heterocycles. The number of benzene rings is 2. The van der Waals surface area contributed by atoms with Crippen LogP contribution in [0.3, 0.4) is 0 Å². The Morgan fingerprint density at radius 3 is 2.46 bits per heavy atom. The monoisotopic (exact) mass is 545 g/mol. The molecule has 0 aliphatic carbocycles. The number of carbonyl (C=O) groups excluding carboxylic acids is 2. The molecule has 5 rings (SSSR count). The smallest absolute Gasteiger partial charge is 0.410 e. The third kappa shape index (κ3) is 5.26. The van der Waals surface area contributed by atoms with E-state index in [2.05, 4.69) is 4.98 Å². The number of rotatable bonds is 5. The average Bonchev–Trinajstić information content (AvgIpc) is 3.35. The van der Waals surface area contributed by atoms with Gasteiger partial charge in [0.1, 0.15) is 11.6 Å². The maximum atomic E-state index is 14.0. The summed E-state index contributed by atoms with van der Waals surface area (Å²) >= 11 is 6.15. The molecule has 1 aliphatic rings. The number of aromatic nitrogens is 3. The van der Waals surface area contributed by atoms with Gasteiger partial charge in [-0.15, -0.1) is 0 Å². The number of carbonyl (C=O) groups is 2. The third-order valence-corrected chi connectivity index (χ3v) is 6.65. The van der Waals surface area contributed by atoms with Gasteiger partial charge in [-0.25, -0.2) is 18.9 Å². The zero-order chi connectivity index (χ0) is 27.5. The van der Waals surface area contributed by atoms with Gasteiger partial charge in [-0.05, 0) is 72.7 Å². The molecule has 0 unspecified atom stereocenters.